The molecule has 0 spiro atoms. The van der Waals surface area contributed by atoms with Gasteiger partial charge in [0.15, 0.2) is 0 Å². The normalized spacial score (nSPS) is 32.8. The predicted molar refractivity (Wildman–Crippen MR) is 86.4 cm³/mol. The van der Waals surface area contributed by atoms with Crippen LogP contribution in [-0.4, -0.2) is 42.8 Å². The smallest absolute Gasteiger partial charge is 0.0850 e. The van der Waals surface area contributed by atoms with E-state index in [2.05, 4.69) is 42.2 Å². The summed E-state index contributed by atoms with van der Waals surface area (Å²) >= 11 is 0. The highest BCUT2D eigenvalue weighted by Gasteiger charge is 2.31. The fourth-order valence-corrected chi connectivity index (χ4v) is 3.85. The summed E-state index contributed by atoms with van der Waals surface area (Å²) < 4.78 is 5.78. The van der Waals surface area contributed by atoms with Crippen LogP contribution in [0.2, 0.25) is 0 Å². The lowest BCUT2D eigenvalue weighted by Gasteiger charge is -2.42. The van der Waals surface area contributed by atoms with E-state index >= 15 is 0 Å². The first-order valence-electron chi connectivity index (χ1n) is 8.40. The van der Waals surface area contributed by atoms with E-state index in [-0.39, 0.29) is 12.1 Å². The van der Waals surface area contributed by atoms with Crippen LogP contribution in [0.15, 0.2) is 30.3 Å². The van der Waals surface area contributed by atoms with Gasteiger partial charge in [-0.05, 0) is 44.1 Å². The Morgan fingerprint density at radius 2 is 1.86 bits per heavy atom. The molecule has 1 aliphatic heterocycles. The van der Waals surface area contributed by atoms with Crippen molar-refractivity contribution in [2.45, 2.75) is 56.7 Å². The Balaban J connectivity index is 1.53. The number of benzene rings is 1. The second-order valence-corrected chi connectivity index (χ2v) is 6.68. The molecule has 2 fully saturated rings. The van der Waals surface area contributed by atoms with Crippen molar-refractivity contribution < 1.29 is 4.74 Å². The van der Waals surface area contributed by atoms with Gasteiger partial charge in [-0.25, -0.2) is 0 Å². The number of hydrogen-bond acceptors (Lipinski definition) is 3. The summed E-state index contributed by atoms with van der Waals surface area (Å²) in [6.07, 6.45) is 5.46. The van der Waals surface area contributed by atoms with E-state index in [0.29, 0.717) is 0 Å². The van der Waals surface area contributed by atoms with Gasteiger partial charge in [0.1, 0.15) is 0 Å². The van der Waals surface area contributed by atoms with E-state index in [1.54, 1.807) is 0 Å². The molecule has 1 saturated carbocycles. The van der Waals surface area contributed by atoms with Crippen molar-refractivity contribution in [2.75, 3.05) is 19.7 Å². The van der Waals surface area contributed by atoms with Gasteiger partial charge in [-0.1, -0.05) is 30.3 Å². The zero-order chi connectivity index (χ0) is 14.7. The highest BCUT2D eigenvalue weighted by molar-refractivity contribution is 5.20. The number of rotatable bonds is 3. The molecular weight excluding hydrogens is 260 g/mol. The first-order valence-corrected chi connectivity index (χ1v) is 8.40. The van der Waals surface area contributed by atoms with Crippen molar-refractivity contribution in [3.63, 3.8) is 0 Å². The number of nitrogens with two attached hydrogens (primary N) is 1. The molecular formula is C18H28N2O. The summed E-state index contributed by atoms with van der Waals surface area (Å²) in [5, 5.41) is 0. The van der Waals surface area contributed by atoms with E-state index in [1.165, 1.54) is 31.2 Å². The van der Waals surface area contributed by atoms with E-state index in [1.807, 2.05) is 0 Å². The molecule has 1 aromatic rings. The number of morpholine rings is 1. The van der Waals surface area contributed by atoms with Crippen LogP contribution in [0.3, 0.4) is 0 Å². The fourth-order valence-electron chi connectivity index (χ4n) is 3.85. The van der Waals surface area contributed by atoms with E-state index in [4.69, 9.17) is 10.5 Å². The lowest BCUT2D eigenvalue weighted by molar-refractivity contribution is -0.0566. The average Bonchev–Trinajstić information content (AvgIpc) is 2.56. The van der Waals surface area contributed by atoms with Gasteiger partial charge in [-0.2, -0.15) is 0 Å². The zero-order valence-corrected chi connectivity index (χ0v) is 13.1. The van der Waals surface area contributed by atoms with E-state index in [0.717, 1.165) is 31.7 Å². The Bertz CT molecular complexity index is 426. The Hall–Kier alpha value is -0.900. The molecule has 0 aromatic heterocycles. The fraction of sp³-hybridized carbons (Fsp3) is 0.667. The molecule has 3 heteroatoms. The average molecular weight is 288 g/mol. The summed E-state index contributed by atoms with van der Waals surface area (Å²) in [5.41, 5.74) is 7.53. The van der Waals surface area contributed by atoms with Gasteiger partial charge in [-0.3, -0.25) is 4.90 Å². The van der Waals surface area contributed by atoms with E-state index in [9.17, 15) is 0 Å². The Labute approximate surface area is 128 Å². The molecule has 2 atom stereocenters. The lowest BCUT2D eigenvalue weighted by atomic mass is 9.81. The maximum absolute atomic E-state index is 6.01. The van der Waals surface area contributed by atoms with Gasteiger partial charge in [0.2, 0.25) is 0 Å². The molecule has 1 heterocycles. The molecule has 1 aliphatic carbocycles. The molecule has 3 rings (SSSR count). The molecule has 1 saturated heterocycles. The summed E-state index contributed by atoms with van der Waals surface area (Å²) in [7, 11) is 0. The molecule has 2 N–H and O–H groups in total. The Morgan fingerprint density at radius 3 is 2.52 bits per heavy atom. The van der Waals surface area contributed by atoms with Gasteiger partial charge in [-0.15, -0.1) is 0 Å². The third-order valence-corrected chi connectivity index (χ3v) is 5.20. The van der Waals surface area contributed by atoms with Crippen LogP contribution in [0, 0.1) is 0 Å². The third-order valence-electron chi connectivity index (χ3n) is 5.20. The van der Waals surface area contributed by atoms with Crippen molar-refractivity contribution >= 4 is 0 Å². The van der Waals surface area contributed by atoms with Crippen LogP contribution < -0.4 is 5.73 Å². The molecule has 0 bridgehead atoms. The number of nitrogens with zero attached hydrogens (tertiary/aromatic N) is 1. The van der Waals surface area contributed by atoms with E-state index < -0.39 is 0 Å². The third kappa shape index (κ3) is 3.65. The van der Waals surface area contributed by atoms with Crippen LogP contribution in [0.25, 0.3) is 0 Å². The molecule has 21 heavy (non-hydrogen) atoms. The van der Waals surface area contributed by atoms with Gasteiger partial charge >= 0.3 is 0 Å². The Kier molecular flexibility index (Phi) is 4.94. The lowest BCUT2D eigenvalue weighted by Crippen LogP contribution is -2.53. The van der Waals surface area contributed by atoms with Crippen molar-refractivity contribution in [3.05, 3.63) is 35.9 Å². The molecule has 0 radical (unpaired) electrons. The molecule has 2 aliphatic rings. The SMILES string of the molecule is CC(N)C1CN(C2CCC(c3ccccc3)CC2)CCO1. The van der Waals surface area contributed by atoms with Crippen LogP contribution in [-0.2, 0) is 4.74 Å². The van der Waals surface area contributed by atoms with Crippen LogP contribution in [0.5, 0.6) is 0 Å². The monoisotopic (exact) mass is 288 g/mol. The van der Waals surface area contributed by atoms with Crippen LogP contribution >= 0.6 is 0 Å². The van der Waals surface area contributed by atoms with Gasteiger partial charge in [0, 0.05) is 25.2 Å². The highest BCUT2D eigenvalue weighted by Crippen LogP contribution is 2.35. The summed E-state index contributed by atoms with van der Waals surface area (Å²) in [4.78, 5) is 2.62. The van der Waals surface area contributed by atoms with Gasteiger partial charge in [0.25, 0.3) is 0 Å². The second kappa shape index (κ2) is 6.91. The maximum atomic E-state index is 6.01. The van der Waals surface area contributed by atoms with Gasteiger partial charge in [0.05, 0.1) is 12.7 Å². The van der Waals surface area contributed by atoms with Gasteiger partial charge < -0.3 is 10.5 Å². The minimum atomic E-state index is 0.133. The minimum absolute atomic E-state index is 0.133. The first kappa shape index (κ1) is 15.0. The van der Waals surface area contributed by atoms with Crippen LogP contribution in [0.4, 0.5) is 0 Å². The van der Waals surface area contributed by atoms with Crippen molar-refractivity contribution in [2.24, 2.45) is 5.73 Å². The molecule has 3 nitrogen and oxygen atoms in total. The first-order chi connectivity index (χ1) is 10.2. The topological polar surface area (TPSA) is 38.5 Å². The standard InChI is InChI=1S/C18H28N2O/c1-14(19)18-13-20(11-12-21-18)17-9-7-16(8-10-17)15-5-3-2-4-6-15/h2-6,14,16-18H,7-13,19H2,1H3. The highest BCUT2D eigenvalue weighted by atomic mass is 16.5. The summed E-state index contributed by atoms with van der Waals surface area (Å²) in [6.45, 7) is 4.98. The van der Waals surface area contributed by atoms with Crippen molar-refractivity contribution in [1.29, 1.82) is 0 Å². The minimum Gasteiger partial charge on any atom is -0.374 e. The second-order valence-electron chi connectivity index (χ2n) is 6.68. The molecule has 1 aromatic carbocycles. The van der Waals surface area contributed by atoms with Crippen LogP contribution in [0.1, 0.15) is 44.1 Å². The number of hydrogen-bond donors (Lipinski definition) is 1. The molecule has 0 amide bonds. The largest absolute Gasteiger partial charge is 0.374 e. The van der Waals surface area contributed by atoms with Crippen molar-refractivity contribution in [3.8, 4) is 0 Å². The zero-order valence-electron chi connectivity index (χ0n) is 13.1. The summed E-state index contributed by atoms with van der Waals surface area (Å²) in [5.74, 6) is 0.757. The number of ether oxygens (including phenoxy) is 1. The predicted octanol–water partition coefficient (Wildman–Crippen LogP) is 2.76. The molecule has 2 unspecified atom stereocenters. The Morgan fingerprint density at radius 1 is 1.14 bits per heavy atom. The molecule has 116 valence electrons. The maximum Gasteiger partial charge on any atom is 0.0850 e. The quantitative estimate of drug-likeness (QED) is 0.929. The summed E-state index contributed by atoms with van der Waals surface area (Å²) in [6, 6.07) is 11.9. The van der Waals surface area contributed by atoms with Crippen molar-refractivity contribution in [1.82, 2.24) is 4.90 Å².